The summed E-state index contributed by atoms with van der Waals surface area (Å²) in [6, 6.07) is 10.2. The molecule has 0 radical (unpaired) electrons. The first-order chi connectivity index (χ1) is 14.9. The first kappa shape index (κ1) is 26.2. The summed E-state index contributed by atoms with van der Waals surface area (Å²) < 4.78 is 10.4. The minimum atomic E-state index is -0.372. The van der Waals surface area contributed by atoms with Crippen LogP contribution in [0.1, 0.15) is 51.6 Å². The molecular formula is C23H32N2O5S. The van der Waals surface area contributed by atoms with Gasteiger partial charge in [0.05, 0.1) is 7.11 Å². The summed E-state index contributed by atoms with van der Waals surface area (Å²) in [6.45, 7) is 4.07. The van der Waals surface area contributed by atoms with Gasteiger partial charge in [-0.3, -0.25) is 4.79 Å². The average Bonchev–Trinajstić information content (AvgIpc) is 2.78. The molecule has 0 aliphatic heterocycles. The van der Waals surface area contributed by atoms with Gasteiger partial charge in [-0.1, -0.05) is 57.1 Å². The highest BCUT2D eigenvalue weighted by atomic mass is 32.1. The highest BCUT2D eigenvalue weighted by molar-refractivity contribution is 7.80. The molecule has 1 atom stereocenters. The van der Waals surface area contributed by atoms with Gasteiger partial charge in [0, 0.05) is 12.3 Å². The molecular weight excluding hydrogens is 416 g/mol. The van der Waals surface area contributed by atoms with Crippen LogP contribution < -0.4 is 10.1 Å². The fourth-order valence-electron chi connectivity index (χ4n) is 2.63. The van der Waals surface area contributed by atoms with Gasteiger partial charge in [-0.2, -0.15) is 0 Å². The number of para-hydroxylation sites is 1. The number of thiocarbonyl (C=S) groups is 1. The Balaban J connectivity index is 0.000000577. The molecule has 0 spiro atoms. The normalized spacial score (nSPS) is 10.9. The van der Waals surface area contributed by atoms with Crippen LogP contribution >= 0.6 is 12.2 Å². The van der Waals surface area contributed by atoms with Crippen LogP contribution in [-0.2, 0) is 9.53 Å². The fraction of sp³-hybridized carbons (Fsp3) is 0.435. The van der Waals surface area contributed by atoms with Crippen molar-refractivity contribution in [3.05, 3.63) is 48.3 Å². The lowest BCUT2D eigenvalue weighted by atomic mass is 10.1. The van der Waals surface area contributed by atoms with Crippen molar-refractivity contribution in [2.75, 3.05) is 13.7 Å². The molecule has 7 nitrogen and oxygen atoms in total. The number of benzene rings is 1. The molecule has 2 rings (SSSR count). The Bertz CT molecular complexity index is 802. The predicted octanol–water partition coefficient (Wildman–Crippen LogP) is 4.36. The molecule has 0 saturated carbocycles. The molecule has 1 aromatic carbocycles. The largest absolute Gasteiger partial charge is 0.508 e. The molecule has 3 N–H and O–H groups in total. The van der Waals surface area contributed by atoms with E-state index in [1.54, 1.807) is 24.3 Å². The van der Waals surface area contributed by atoms with Crippen molar-refractivity contribution in [2.45, 2.75) is 52.1 Å². The van der Waals surface area contributed by atoms with Crippen LogP contribution in [0.3, 0.4) is 0 Å². The van der Waals surface area contributed by atoms with Crippen LogP contribution in [0.15, 0.2) is 42.6 Å². The van der Waals surface area contributed by atoms with Crippen molar-refractivity contribution in [2.24, 2.45) is 0 Å². The van der Waals surface area contributed by atoms with E-state index < -0.39 is 0 Å². The topological polar surface area (TPSA) is 101 Å². The maximum Gasteiger partial charge on any atom is 0.325 e. The van der Waals surface area contributed by atoms with E-state index in [0.29, 0.717) is 5.75 Å². The standard InChI is InChI=1S/C17H26N2O4S.C6H6O/c1-4-6-7-8-12(5-2)23-14(20)11-19-17(24)15-16(21)13(22-3)9-10-18-15;7-6-4-2-1-3-5-6/h9-10,12,21H,4-8,11H2,1-3H3,(H,19,24);1-5,7H. The molecule has 0 saturated heterocycles. The second-order valence-electron chi connectivity index (χ2n) is 6.74. The number of hydrogen-bond donors (Lipinski definition) is 3. The van der Waals surface area contributed by atoms with E-state index in [9.17, 15) is 9.90 Å². The number of pyridine rings is 1. The summed E-state index contributed by atoms with van der Waals surface area (Å²) in [5.74, 6) is 0.0659. The molecule has 1 heterocycles. The number of nitrogens with zero attached hydrogens (tertiary/aromatic N) is 1. The number of ether oxygens (including phenoxy) is 2. The number of aromatic nitrogens is 1. The Hall–Kier alpha value is -2.87. The van der Waals surface area contributed by atoms with Crippen molar-refractivity contribution < 1.29 is 24.5 Å². The number of esters is 1. The molecule has 0 aliphatic carbocycles. The van der Waals surface area contributed by atoms with Crippen LogP contribution in [0.4, 0.5) is 0 Å². The van der Waals surface area contributed by atoms with Gasteiger partial charge in [0.2, 0.25) is 0 Å². The third kappa shape index (κ3) is 10.1. The maximum atomic E-state index is 11.9. The molecule has 0 fully saturated rings. The van der Waals surface area contributed by atoms with Gasteiger partial charge in [-0.25, -0.2) is 4.98 Å². The summed E-state index contributed by atoms with van der Waals surface area (Å²) in [5.41, 5.74) is 0.173. The van der Waals surface area contributed by atoms with Gasteiger partial charge in [-0.15, -0.1) is 0 Å². The molecule has 8 heteroatoms. The van der Waals surface area contributed by atoms with Gasteiger partial charge < -0.3 is 25.0 Å². The fourth-order valence-corrected chi connectivity index (χ4v) is 2.85. The number of nitrogens with one attached hydrogen (secondary N) is 1. The summed E-state index contributed by atoms with van der Waals surface area (Å²) >= 11 is 5.16. The zero-order valence-corrected chi connectivity index (χ0v) is 19.2. The number of carbonyl (C=O) groups excluding carboxylic acids is 1. The second-order valence-corrected chi connectivity index (χ2v) is 7.15. The van der Waals surface area contributed by atoms with E-state index in [0.717, 1.165) is 32.1 Å². The summed E-state index contributed by atoms with van der Waals surface area (Å²) in [6.07, 6.45) is 6.39. The van der Waals surface area contributed by atoms with Crippen LogP contribution in [0.5, 0.6) is 17.2 Å². The number of phenols is 1. The van der Waals surface area contributed by atoms with E-state index in [1.807, 2.05) is 13.0 Å². The number of carbonyl (C=O) groups is 1. The second kappa shape index (κ2) is 15.0. The highest BCUT2D eigenvalue weighted by Crippen LogP contribution is 2.27. The van der Waals surface area contributed by atoms with Gasteiger partial charge >= 0.3 is 5.97 Å². The number of hydrogen-bond acceptors (Lipinski definition) is 7. The monoisotopic (exact) mass is 448 g/mol. The van der Waals surface area contributed by atoms with Crippen molar-refractivity contribution in [1.82, 2.24) is 10.3 Å². The Morgan fingerprint density at radius 2 is 1.87 bits per heavy atom. The lowest BCUT2D eigenvalue weighted by molar-refractivity contribution is -0.148. The van der Waals surface area contributed by atoms with Crippen LogP contribution in [0.2, 0.25) is 0 Å². The molecule has 0 amide bonds. The van der Waals surface area contributed by atoms with E-state index in [1.165, 1.54) is 19.4 Å². The van der Waals surface area contributed by atoms with Crippen molar-refractivity contribution >= 4 is 23.2 Å². The van der Waals surface area contributed by atoms with Gasteiger partial charge in [-0.05, 0) is 31.4 Å². The van der Waals surface area contributed by atoms with Crippen LogP contribution in [0, 0.1) is 0 Å². The van der Waals surface area contributed by atoms with Crippen LogP contribution in [-0.4, -0.2) is 45.9 Å². The van der Waals surface area contributed by atoms with Crippen molar-refractivity contribution in [1.29, 1.82) is 0 Å². The third-order valence-electron chi connectivity index (χ3n) is 4.35. The smallest absolute Gasteiger partial charge is 0.325 e. The van der Waals surface area contributed by atoms with E-state index in [2.05, 4.69) is 17.2 Å². The summed E-state index contributed by atoms with van der Waals surface area (Å²) in [5, 5.41) is 21.4. The van der Waals surface area contributed by atoms with Crippen molar-refractivity contribution in [3.63, 3.8) is 0 Å². The zero-order valence-electron chi connectivity index (χ0n) is 18.3. The van der Waals surface area contributed by atoms with Crippen molar-refractivity contribution in [3.8, 4) is 17.2 Å². The van der Waals surface area contributed by atoms with E-state index in [-0.39, 0.29) is 40.8 Å². The SMILES string of the molecule is CCCCCC(CC)OC(=O)CNC(=S)c1nccc(OC)c1O.Oc1ccccc1. The maximum absolute atomic E-state index is 11.9. The molecule has 170 valence electrons. The Kier molecular flexibility index (Phi) is 12.7. The lowest BCUT2D eigenvalue weighted by Gasteiger charge is -2.16. The lowest BCUT2D eigenvalue weighted by Crippen LogP contribution is -2.32. The zero-order chi connectivity index (χ0) is 23.1. The molecule has 2 aromatic rings. The molecule has 0 aliphatic rings. The minimum Gasteiger partial charge on any atom is -0.508 e. The Morgan fingerprint density at radius 1 is 1.16 bits per heavy atom. The Labute approximate surface area is 189 Å². The molecule has 0 bridgehead atoms. The average molecular weight is 449 g/mol. The number of unbranched alkanes of at least 4 members (excludes halogenated alkanes) is 2. The molecule has 31 heavy (non-hydrogen) atoms. The summed E-state index contributed by atoms with van der Waals surface area (Å²) in [4.78, 5) is 16.1. The predicted molar refractivity (Wildman–Crippen MR) is 125 cm³/mol. The number of methoxy groups -OCH3 is 1. The number of aromatic hydroxyl groups is 2. The minimum absolute atomic E-state index is 0.0669. The first-order valence-corrected chi connectivity index (χ1v) is 10.8. The van der Waals surface area contributed by atoms with Gasteiger partial charge in [0.25, 0.3) is 0 Å². The van der Waals surface area contributed by atoms with E-state index in [4.69, 9.17) is 26.8 Å². The van der Waals surface area contributed by atoms with E-state index >= 15 is 0 Å². The first-order valence-electron chi connectivity index (χ1n) is 10.4. The third-order valence-corrected chi connectivity index (χ3v) is 4.69. The number of phenolic OH excluding ortho intramolecular Hbond substituents is 1. The molecule has 1 aromatic heterocycles. The Morgan fingerprint density at radius 3 is 2.42 bits per heavy atom. The van der Waals surface area contributed by atoms with Crippen LogP contribution in [0.25, 0.3) is 0 Å². The van der Waals surface area contributed by atoms with Gasteiger partial charge in [0.15, 0.2) is 11.5 Å². The quantitative estimate of drug-likeness (QED) is 0.280. The highest BCUT2D eigenvalue weighted by Gasteiger charge is 2.16. The molecule has 1 unspecified atom stereocenters. The van der Waals surface area contributed by atoms with Gasteiger partial charge in [0.1, 0.15) is 29.1 Å². The summed E-state index contributed by atoms with van der Waals surface area (Å²) in [7, 11) is 1.44. The number of rotatable bonds is 10.